The first-order valence-electron chi connectivity index (χ1n) is 16.3. The number of fused-ring (bicyclic) bond motifs is 6. The van der Waals surface area contributed by atoms with Gasteiger partial charge in [-0.25, -0.2) is 0 Å². The predicted molar refractivity (Wildman–Crippen MR) is 200 cm³/mol. The molecule has 0 atom stereocenters. The van der Waals surface area contributed by atoms with Crippen LogP contribution in [0.25, 0.3) is 99.0 Å². The smallest absolute Gasteiger partial charge is 0.143 e. The second kappa shape index (κ2) is 10.6. The van der Waals surface area contributed by atoms with Gasteiger partial charge in [-0.3, -0.25) is 0 Å². The number of benzene rings is 8. The van der Waals surface area contributed by atoms with Gasteiger partial charge in [0.25, 0.3) is 0 Å². The van der Waals surface area contributed by atoms with Crippen LogP contribution in [0.4, 0.5) is 0 Å². The van der Waals surface area contributed by atoms with Gasteiger partial charge in [0, 0.05) is 32.8 Å². The van der Waals surface area contributed by atoms with Crippen LogP contribution in [0.5, 0.6) is 0 Å². The maximum Gasteiger partial charge on any atom is 0.143 e. The van der Waals surface area contributed by atoms with E-state index >= 15 is 0 Å². The standard InChI is InChI=1S/C46H28O2/c1-3-13-29(14-4-1)30-23-25-32(26-24-30)42-33-17-7-9-19-35(33)43(36-20-10-8-18-34(36)42)45-44-37-21-11-12-22-40(37)48-41(44)27-38-39(28-47-46(38)45)31-15-5-2-6-16-31/h1-28H. The summed E-state index contributed by atoms with van der Waals surface area (Å²) in [6, 6.07) is 58.1. The largest absolute Gasteiger partial charge is 0.463 e. The van der Waals surface area contributed by atoms with Crippen molar-refractivity contribution in [3.05, 3.63) is 170 Å². The van der Waals surface area contributed by atoms with E-state index in [2.05, 4.69) is 152 Å². The average Bonchev–Trinajstić information content (AvgIpc) is 3.75. The lowest BCUT2D eigenvalue weighted by atomic mass is 9.84. The molecule has 2 aromatic heterocycles. The van der Waals surface area contributed by atoms with Crippen molar-refractivity contribution < 1.29 is 8.83 Å². The van der Waals surface area contributed by atoms with Gasteiger partial charge in [-0.1, -0.05) is 152 Å². The van der Waals surface area contributed by atoms with E-state index in [-0.39, 0.29) is 0 Å². The molecule has 8 aromatic carbocycles. The van der Waals surface area contributed by atoms with Crippen LogP contribution in [0.1, 0.15) is 0 Å². The third-order valence-corrected chi connectivity index (χ3v) is 9.75. The second-order valence-electron chi connectivity index (χ2n) is 12.4. The van der Waals surface area contributed by atoms with Gasteiger partial charge < -0.3 is 8.83 Å². The lowest BCUT2D eigenvalue weighted by Gasteiger charge is -2.18. The minimum Gasteiger partial charge on any atom is -0.463 e. The first kappa shape index (κ1) is 26.8. The molecule has 2 heteroatoms. The fourth-order valence-corrected chi connectivity index (χ4v) is 7.62. The van der Waals surface area contributed by atoms with E-state index in [1.54, 1.807) is 0 Å². The van der Waals surface area contributed by atoms with Gasteiger partial charge in [0.1, 0.15) is 16.7 Å². The van der Waals surface area contributed by atoms with Crippen LogP contribution in [0.2, 0.25) is 0 Å². The average molecular weight is 613 g/mol. The van der Waals surface area contributed by atoms with E-state index in [0.717, 1.165) is 55.2 Å². The van der Waals surface area contributed by atoms with E-state index < -0.39 is 0 Å². The number of furan rings is 2. The van der Waals surface area contributed by atoms with Gasteiger partial charge >= 0.3 is 0 Å². The van der Waals surface area contributed by atoms with Gasteiger partial charge in [-0.15, -0.1) is 0 Å². The molecule has 48 heavy (non-hydrogen) atoms. The molecular weight excluding hydrogens is 585 g/mol. The molecule has 0 radical (unpaired) electrons. The number of rotatable bonds is 4. The zero-order valence-corrected chi connectivity index (χ0v) is 26.0. The van der Waals surface area contributed by atoms with E-state index in [1.165, 1.54) is 43.8 Å². The van der Waals surface area contributed by atoms with Crippen LogP contribution in [-0.4, -0.2) is 0 Å². The van der Waals surface area contributed by atoms with Crippen molar-refractivity contribution in [3.63, 3.8) is 0 Å². The second-order valence-corrected chi connectivity index (χ2v) is 12.4. The molecule has 0 aliphatic heterocycles. The molecule has 224 valence electrons. The Balaban J connectivity index is 1.33. The van der Waals surface area contributed by atoms with Crippen molar-refractivity contribution in [2.24, 2.45) is 0 Å². The Hall–Kier alpha value is -6.38. The molecule has 0 unspecified atom stereocenters. The molecule has 0 spiro atoms. The maximum atomic E-state index is 6.64. The summed E-state index contributed by atoms with van der Waals surface area (Å²) in [6.45, 7) is 0. The van der Waals surface area contributed by atoms with E-state index in [1.807, 2.05) is 18.4 Å². The van der Waals surface area contributed by atoms with Gasteiger partial charge in [0.2, 0.25) is 0 Å². The van der Waals surface area contributed by atoms with Crippen molar-refractivity contribution in [2.45, 2.75) is 0 Å². The molecule has 0 aliphatic carbocycles. The molecule has 10 rings (SSSR count). The molecule has 0 aliphatic rings. The molecule has 0 bridgehead atoms. The SMILES string of the molecule is c1ccc(-c2ccc(-c3c4ccccc4c(-c4c5occ(-c6ccccc6)c5cc5oc6ccccc6c45)c4ccccc34)cc2)cc1. The molecular formula is C46H28O2. The van der Waals surface area contributed by atoms with Crippen LogP contribution < -0.4 is 0 Å². The molecule has 2 heterocycles. The molecule has 0 saturated carbocycles. The zero-order valence-electron chi connectivity index (χ0n) is 26.0. The third-order valence-electron chi connectivity index (χ3n) is 9.75. The normalized spacial score (nSPS) is 11.8. The quantitative estimate of drug-likeness (QED) is 0.185. The Morgan fingerprint density at radius 3 is 1.48 bits per heavy atom. The van der Waals surface area contributed by atoms with Gasteiger partial charge in [0.15, 0.2) is 0 Å². The number of hydrogen-bond acceptors (Lipinski definition) is 2. The van der Waals surface area contributed by atoms with E-state index in [4.69, 9.17) is 8.83 Å². The van der Waals surface area contributed by atoms with Crippen molar-refractivity contribution in [2.75, 3.05) is 0 Å². The van der Waals surface area contributed by atoms with Gasteiger partial charge in [0.05, 0.1) is 6.26 Å². The van der Waals surface area contributed by atoms with Gasteiger partial charge in [-0.2, -0.15) is 0 Å². The van der Waals surface area contributed by atoms with Crippen LogP contribution in [0.3, 0.4) is 0 Å². The minimum atomic E-state index is 0.853. The summed E-state index contributed by atoms with van der Waals surface area (Å²) < 4.78 is 13.2. The Morgan fingerprint density at radius 2 is 0.833 bits per heavy atom. The summed E-state index contributed by atoms with van der Waals surface area (Å²) >= 11 is 0. The highest BCUT2D eigenvalue weighted by Crippen LogP contribution is 2.51. The maximum absolute atomic E-state index is 6.64. The lowest BCUT2D eigenvalue weighted by molar-refractivity contribution is 0.618. The summed E-state index contributed by atoms with van der Waals surface area (Å²) in [5, 5.41) is 7.94. The van der Waals surface area contributed by atoms with Crippen LogP contribution in [0.15, 0.2) is 179 Å². The molecule has 0 amide bonds. The Morgan fingerprint density at radius 1 is 0.333 bits per heavy atom. The lowest BCUT2D eigenvalue weighted by Crippen LogP contribution is -1.92. The van der Waals surface area contributed by atoms with E-state index in [9.17, 15) is 0 Å². The van der Waals surface area contributed by atoms with Crippen LogP contribution >= 0.6 is 0 Å². The minimum absolute atomic E-state index is 0.853. The molecule has 0 N–H and O–H groups in total. The highest BCUT2D eigenvalue weighted by Gasteiger charge is 2.25. The number of para-hydroxylation sites is 1. The zero-order chi connectivity index (χ0) is 31.6. The van der Waals surface area contributed by atoms with E-state index in [0.29, 0.717) is 0 Å². The highest BCUT2D eigenvalue weighted by atomic mass is 16.3. The molecule has 0 saturated heterocycles. The number of hydrogen-bond donors (Lipinski definition) is 0. The fraction of sp³-hybridized carbons (Fsp3) is 0. The Bertz CT molecular complexity index is 2750. The van der Waals surface area contributed by atoms with Crippen molar-refractivity contribution in [1.82, 2.24) is 0 Å². The monoisotopic (exact) mass is 612 g/mol. The fourth-order valence-electron chi connectivity index (χ4n) is 7.62. The topological polar surface area (TPSA) is 26.3 Å². The third kappa shape index (κ3) is 4.00. The predicted octanol–water partition coefficient (Wildman–Crippen LogP) is 13.3. The molecule has 10 aromatic rings. The first-order valence-corrected chi connectivity index (χ1v) is 16.3. The summed E-state index contributed by atoms with van der Waals surface area (Å²) in [4.78, 5) is 0. The van der Waals surface area contributed by atoms with Crippen molar-refractivity contribution in [1.29, 1.82) is 0 Å². The highest BCUT2D eigenvalue weighted by molar-refractivity contribution is 6.30. The van der Waals surface area contributed by atoms with Gasteiger partial charge in [-0.05, 0) is 61.5 Å². The van der Waals surface area contributed by atoms with Crippen molar-refractivity contribution >= 4 is 54.5 Å². The van der Waals surface area contributed by atoms with Crippen molar-refractivity contribution in [3.8, 4) is 44.5 Å². The Labute approximate surface area is 277 Å². The first-order chi connectivity index (χ1) is 23.8. The summed E-state index contributed by atoms with van der Waals surface area (Å²) in [5.41, 5.74) is 11.8. The Kier molecular flexibility index (Phi) is 5.91. The van der Waals surface area contributed by atoms with Crippen LogP contribution in [0, 0.1) is 0 Å². The molecule has 0 fully saturated rings. The van der Waals surface area contributed by atoms with Crippen LogP contribution in [-0.2, 0) is 0 Å². The summed E-state index contributed by atoms with van der Waals surface area (Å²) in [7, 11) is 0. The molecule has 2 nitrogen and oxygen atoms in total. The summed E-state index contributed by atoms with van der Waals surface area (Å²) in [5.74, 6) is 0. The summed E-state index contributed by atoms with van der Waals surface area (Å²) in [6.07, 6.45) is 1.90.